The highest BCUT2D eigenvalue weighted by Crippen LogP contribution is 2.25. The van der Waals surface area contributed by atoms with E-state index >= 15 is 0 Å². The minimum absolute atomic E-state index is 0.0166. The van der Waals surface area contributed by atoms with Crippen molar-refractivity contribution < 1.29 is 13.7 Å². The first kappa shape index (κ1) is 18.2. The summed E-state index contributed by atoms with van der Waals surface area (Å²) in [5, 5.41) is 6.80. The topological polar surface area (TPSA) is 80.9 Å². The Morgan fingerprint density at radius 2 is 1.96 bits per heavy atom. The van der Waals surface area contributed by atoms with E-state index in [1.54, 1.807) is 24.5 Å². The number of aromatic nitrogens is 3. The standard InChI is InChI=1S/C18H16BrFN4O2/c1-10(2)15(22-17(25)13-9-12(20)3-4-14(13)19)18-23-16(24-26-18)11-5-7-21-8-6-11/h3-10,15H,1-2H3,(H,22,25). The van der Waals surface area contributed by atoms with Crippen LogP contribution in [0.5, 0.6) is 0 Å². The van der Waals surface area contributed by atoms with Crippen LogP contribution in [0.25, 0.3) is 11.4 Å². The van der Waals surface area contributed by atoms with E-state index in [0.29, 0.717) is 10.3 Å². The van der Waals surface area contributed by atoms with Gasteiger partial charge in [0.2, 0.25) is 11.7 Å². The Kier molecular flexibility index (Phi) is 5.41. The van der Waals surface area contributed by atoms with Crippen molar-refractivity contribution in [3.8, 4) is 11.4 Å². The van der Waals surface area contributed by atoms with Crippen LogP contribution in [0.3, 0.4) is 0 Å². The molecular weight excluding hydrogens is 403 g/mol. The van der Waals surface area contributed by atoms with Crippen molar-refractivity contribution in [2.75, 3.05) is 0 Å². The molecule has 0 radical (unpaired) electrons. The number of carbonyl (C=O) groups excluding carboxylic acids is 1. The van der Waals surface area contributed by atoms with E-state index < -0.39 is 17.8 Å². The number of amides is 1. The maximum absolute atomic E-state index is 13.5. The molecule has 0 aliphatic rings. The molecule has 0 aliphatic heterocycles. The van der Waals surface area contributed by atoms with Crippen LogP contribution < -0.4 is 5.32 Å². The summed E-state index contributed by atoms with van der Waals surface area (Å²) in [6.07, 6.45) is 3.27. The molecule has 2 heterocycles. The minimum Gasteiger partial charge on any atom is -0.340 e. The van der Waals surface area contributed by atoms with Gasteiger partial charge >= 0.3 is 0 Å². The van der Waals surface area contributed by atoms with Gasteiger partial charge < -0.3 is 9.84 Å². The van der Waals surface area contributed by atoms with E-state index in [1.165, 1.54) is 18.2 Å². The number of benzene rings is 1. The number of nitrogens with zero attached hydrogens (tertiary/aromatic N) is 3. The van der Waals surface area contributed by atoms with Gasteiger partial charge in [-0.05, 0) is 52.2 Å². The van der Waals surface area contributed by atoms with Crippen LogP contribution in [0.2, 0.25) is 0 Å². The van der Waals surface area contributed by atoms with E-state index in [4.69, 9.17) is 4.52 Å². The molecule has 6 nitrogen and oxygen atoms in total. The molecule has 134 valence electrons. The number of pyridine rings is 1. The predicted molar refractivity (Wildman–Crippen MR) is 96.7 cm³/mol. The average molecular weight is 419 g/mol. The smallest absolute Gasteiger partial charge is 0.253 e. The second-order valence-corrected chi connectivity index (χ2v) is 6.87. The summed E-state index contributed by atoms with van der Waals surface area (Å²) in [5.41, 5.74) is 0.959. The number of nitrogens with one attached hydrogen (secondary N) is 1. The Morgan fingerprint density at radius 1 is 1.23 bits per heavy atom. The van der Waals surface area contributed by atoms with Crippen LogP contribution in [0.15, 0.2) is 51.7 Å². The lowest BCUT2D eigenvalue weighted by Gasteiger charge is -2.19. The molecule has 1 N–H and O–H groups in total. The van der Waals surface area contributed by atoms with Gasteiger partial charge in [-0.15, -0.1) is 0 Å². The molecule has 0 aliphatic carbocycles. The minimum atomic E-state index is -0.513. The highest BCUT2D eigenvalue weighted by Gasteiger charge is 2.26. The van der Waals surface area contributed by atoms with Crippen molar-refractivity contribution in [3.63, 3.8) is 0 Å². The summed E-state index contributed by atoms with van der Waals surface area (Å²) in [5.74, 6) is -0.241. The number of hydrogen-bond acceptors (Lipinski definition) is 5. The van der Waals surface area contributed by atoms with Gasteiger partial charge in [-0.3, -0.25) is 9.78 Å². The van der Waals surface area contributed by atoms with Gasteiger partial charge in [0.1, 0.15) is 11.9 Å². The lowest BCUT2D eigenvalue weighted by Crippen LogP contribution is -2.32. The van der Waals surface area contributed by atoms with Crippen LogP contribution in [-0.2, 0) is 0 Å². The Bertz CT molecular complexity index is 915. The van der Waals surface area contributed by atoms with Crippen molar-refractivity contribution >= 4 is 21.8 Å². The van der Waals surface area contributed by atoms with Gasteiger partial charge in [0, 0.05) is 22.4 Å². The normalized spacial score (nSPS) is 12.2. The van der Waals surface area contributed by atoms with Gasteiger partial charge in [0.15, 0.2) is 0 Å². The largest absolute Gasteiger partial charge is 0.340 e. The highest BCUT2D eigenvalue weighted by molar-refractivity contribution is 9.10. The number of rotatable bonds is 5. The van der Waals surface area contributed by atoms with Gasteiger partial charge in [-0.25, -0.2) is 4.39 Å². The molecule has 0 bridgehead atoms. The third-order valence-electron chi connectivity index (χ3n) is 3.77. The van der Waals surface area contributed by atoms with Crippen LogP contribution in [0, 0.1) is 11.7 Å². The highest BCUT2D eigenvalue weighted by atomic mass is 79.9. The zero-order chi connectivity index (χ0) is 18.7. The molecule has 1 amide bonds. The van der Waals surface area contributed by atoms with Crippen molar-refractivity contribution in [2.24, 2.45) is 5.92 Å². The van der Waals surface area contributed by atoms with Crippen molar-refractivity contribution in [1.82, 2.24) is 20.4 Å². The fourth-order valence-electron chi connectivity index (χ4n) is 2.38. The molecule has 8 heteroatoms. The van der Waals surface area contributed by atoms with Crippen LogP contribution >= 0.6 is 15.9 Å². The van der Waals surface area contributed by atoms with Gasteiger partial charge in [-0.2, -0.15) is 4.98 Å². The van der Waals surface area contributed by atoms with Gasteiger partial charge in [-0.1, -0.05) is 19.0 Å². The maximum atomic E-state index is 13.5. The van der Waals surface area contributed by atoms with E-state index in [1.807, 2.05) is 13.8 Å². The molecule has 0 saturated heterocycles. The van der Waals surface area contributed by atoms with Crippen molar-refractivity contribution in [3.05, 3.63) is 64.5 Å². The van der Waals surface area contributed by atoms with Gasteiger partial charge in [0.05, 0.1) is 5.56 Å². The Labute approximate surface area is 158 Å². The monoisotopic (exact) mass is 418 g/mol. The van der Waals surface area contributed by atoms with E-state index in [9.17, 15) is 9.18 Å². The summed E-state index contributed by atoms with van der Waals surface area (Å²) in [7, 11) is 0. The molecular formula is C18H16BrFN4O2. The molecule has 0 fully saturated rings. The first-order chi connectivity index (χ1) is 12.5. The SMILES string of the molecule is CC(C)C(NC(=O)c1cc(F)ccc1Br)c1nc(-c2ccncc2)no1. The maximum Gasteiger partial charge on any atom is 0.253 e. The number of halogens is 2. The molecule has 26 heavy (non-hydrogen) atoms. The van der Waals surface area contributed by atoms with E-state index in [-0.39, 0.29) is 17.4 Å². The second-order valence-electron chi connectivity index (χ2n) is 6.01. The third kappa shape index (κ3) is 3.96. The van der Waals surface area contributed by atoms with E-state index in [2.05, 4.69) is 36.4 Å². The number of hydrogen-bond donors (Lipinski definition) is 1. The molecule has 0 saturated carbocycles. The summed E-state index contributed by atoms with van der Waals surface area (Å²) >= 11 is 3.26. The third-order valence-corrected chi connectivity index (χ3v) is 4.46. The lowest BCUT2D eigenvalue weighted by atomic mass is 10.0. The zero-order valence-electron chi connectivity index (χ0n) is 14.1. The van der Waals surface area contributed by atoms with Crippen molar-refractivity contribution in [1.29, 1.82) is 0 Å². The first-order valence-electron chi connectivity index (χ1n) is 7.95. The Balaban J connectivity index is 1.85. The fraction of sp³-hybridized carbons (Fsp3) is 0.222. The molecule has 1 atom stereocenters. The van der Waals surface area contributed by atoms with Crippen molar-refractivity contribution in [2.45, 2.75) is 19.9 Å². The summed E-state index contributed by atoms with van der Waals surface area (Å²) in [4.78, 5) is 20.9. The van der Waals surface area contributed by atoms with E-state index in [0.717, 1.165) is 5.56 Å². The quantitative estimate of drug-likeness (QED) is 0.672. The molecule has 2 aromatic heterocycles. The molecule has 1 unspecified atom stereocenters. The summed E-state index contributed by atoms with van der Waals surface area (Å²) in [6, 6.07) is 6.96. The van der Waals surface area contributed by atoms with Gasteiger partial charge in [0.25, 0.3) is 5.91 Å². The lowest BCUT2D eigenvalue weighted by molar-refractivity contribution is 0.0912. The van der Waals surface area contributed by atoms with Crippen LogP contribution in [-0.4, -0.2) is 21.0 Å². The number of carbonyl (C=O) groups is 1. The van der Waals surface area contributed by atoms with Crippen LogP contribution in [0.4, 0.5) is 4.39 Å². The second kappa shape index (κ2) is 7.74. The average Bonchev–Trinajstić information content (AvgIpc) is 3.11. The fourth-order valence-corrected chi connectivity index (χ4v) is 2.81. The summed E-state index contributed by atoms with van der Waals surface area (Å²) in [6.45, 7) is 3.84. The Morgan fingerprint density at radius 3 is 2.65 bits per heavy atom. The zero-order valence-corrected chi connectivity index (χ0v) is 15.7. The molecule has 1 aromatic carbocycles. The molecule has 3 aromatic rings. The Hall–Kier alpha value is -2.61. The molecule has 0 spiro atoms. The van der Waals surface area contributed by atoms with Crippen LogP contribution in [0.1, 0.15) is 36.1 Å². The molecule has 3 rings (SSSR count). The summed E-state index contributed by atoms with van der Waals surface area (Å²) < 4.78 is 19.3. The predicted octanol–water partition coefficient (Wildman–Crippen LogP) is 4.16. The first-order valence-corrected chi connectivity index (χ1v) is 8.75.